The average molecular weight is 464 g/mol. The highest BCUT2D eigenvalue weighted by molar-refractivity contribution is 7.99. The fourth-order valence-corrected chi connectivity index (χ4v) is 6.21. The standard InChI is InChI=1S/C19H21N5O3S3/c1-3-27-17(26)14-9(2)21-19(30-14)22-12(25)8-28-18-23-15(20)13-10-6-4-5-7-11(10)29-16(13)24-18/h3-8H2,1-2H3,(H2,20,23,24)(H,21,22,25). The van der Waals surface area contributed by atoms with Crippen LogP contribution in [0.5, 0.6) is 0 Å². The van der Waals surface area contributed by atoms with Crippen molar-refractivity contribution in [2.75, 3.05) is 23.4 Å². The predicted molar refractivity (Wildman–Crippen MR) is 121 cm³/mol. The molecule has 1 amide bonds. The van der Waals surface area contributed by atoms with Gasteiger partial charge in [0.15, 0.2) is 10.3 Å². The van der Waals surface area contributed by atoms with Crippen molar-refractivity contribution in [3.63, 3.8) is 0 Å². The summed E-state index contributed by atoms with van der Waals surface area (Å²) in [6, 6.07) is 0. The summed E-state index contributed by atoms with van der Waals surface area (Å²) in [4.78, 5) is 40.1. The monoisotopic (exact) mass is 463 g/mol. The highest BCUT2D eigenvalue weighted by atomic mass is 32.2. The molecule has 0 saturated carbocycles. The normalized spacial score (nSPS) is 13.3. The van der Waals surface area contributed by atoms with Crippen molar-refractivity contribution in [2.24, 2.45) is 0 Å². The van der Waals surface area contributed by atoms with Gasteiger partial charge in [0, 0.05) is 4.88 Å². The van der Waals surface area contributed by atoms with E-state index in [0.29, 0.717) is 26.7 Å². The van der Waals surface area contributed by atoms with Crippen LogP contribution in [0.3, 0.4) is 0 Å². The van der Waals surface area contributed by atoms with Crippen LogP contribution in [0, 0.1) is 6.92 Å². The van der Waals surface area contributed by atoms with Crippen LogP contribution in [-0.2, 0) is 22.4 Å². The second-order valence-corrected chi connectivity index (χ2v) is 9.80. The van der Waals surface area contributed by atoms with Crippen LogP contribution < -0.4 is 11.1 Å². The van der Waals surface area contributed by atoms with Crippen LogP contribution >= 0.6 is 34.4 Å². The fourth-order valence-electron chi connectivity index (χ4n) is 3.35. The first-order chi connectivity index (χ1) is 14.5. The molecule has 0 spiro atoms. The summed E-state index contributed by atoms with van der Waals surface area (Å²) >= 11 is 4.01. The van der Waals surface area contributed by atoms with Crippen molar-refractivity contribution >= 4 is 67.5 Å². The number of carbonyl (C=O) groups excluding carboxylic acids is 2. The van der Waals surface area contributed by atoms with Crippen molar-refractivity contribution in [1.82, 2.24) is 15.0 Å². The summed E-state index contributed by atoms with van der Waals surface area (Å²) in [7, 11) is 0. The first-order valence-corrected chi connectivity index (χ1v) is 12.2. The zero-order valence-corrected chi connectivity index (χ0v) is 19.1. The Kier molecular flexibility index (Phi) is 6.21. The van der Waals surface area contributed by atoms with Gasteiger partial charge in [-0.15, -0.1) is 11.3 Å². The number of thioether (sulfide) groups is 1. The van der Waals surface area contributed by atoms with Gasteiger partial charge in [-0.25, -0.2) is 19.7 Å². The summed E-state index contributed by atoms with van der Waals surface area (Å²) < 4.78 is 5.00. The number of carbonyl (C=O) groups is 2. The summed E-state index contributed by atoms with van der Waals surface area (Å²) in [5.74, 6) is -0.0873. The first kappa shape index (κ1) is 21.0. The Labute approximate surface area is 185 Å². The number of thiophene rings is 1. The van der Waals surface area contributed by atoms with Crippen molar-refractivity contribution in [3.05, 3.63) is 21.0 Å². The first-order valence-electron chi connectivity index (χ1n) is 9.61. The number of ether oxygens (including phenoxy) is 1. The second kappa shape index (κ2) is 8.86. The third kappa shape index (κ3) is 4.28. The molecule has 1 aliphatic carbocycles. The van der Waals surface area contributed by atoms with E-state index >= 15 is 0 Å². The van der Waals surface area contributed by atoms with Crippen molar-refractivity contribution < 1.29 is 14.3 Å². The topological polar surface area (TPSA) is 120 Å². The lowest BCUT2D eigenvalue weighted by Gasteiger charge is -2.10. The lowest BCUT2D eigenvalue weighted by Crippen LogP contribution is -2.14. The number of nitrogens with one attached hydrogen (secondary N) is 1. The Morgan fingerprint density at radius 3 is 2.80 bits per heavy atom. The molecule has 1 aliphatic rings. The largest absolute Gasteiger partial charge is 0.462 e. The molecule has 0 unspecified atom stereocenters. The second-order valence-electron chi connectivity index (χ2n) is 6.77. The molecule has 0 bridgehead atoms. The Morgan fingerprint density at radius 1 is 1.20 bits per heavy atom. The molecular weight excluding hydrogens is 442 g/mol. The quantitative estimate of drug-likeness (QED) is 0.321. The molecule has 30 heavy (non-hydrogen) atoms. The van der Waals surface area contributed by atoms with E-state index in [0.717, 1.165) is 34.4 Å². The smallest absolute Gasteiger partial charge is 0.350 e. The number of aryl methyl sites for hydroxylation is 3. The molecule has 3 aromatic heterocycles. The number of nitrogens with two attached hydrogens (primary N) is 1. The highest BCUT2D eigenvalue weighted by Crippen LogP contribution is 2.38. The minimum absolute atomic E-state index is 0.114. The number of thiazole rings is 1. The Morgan fingerprint density at radius 2 is 2.00 bits per heavy atom. The molecule has 0 aliphatic heterocycles. The van der Waals surface area contributed by atoms with E-state index < -0.39 is 5.97 Å². The van der Waals surface area contributed by atoms with Crippen LogP contribution in [0.1, 0.15) is 45.6 Å². The fraction of sp³-hybridized carbons (Fsp3) is 0.421. The van der Waals surface area contributed by atoms with Gasteiger partial charge in [-0.3, -0.25) is 4.79 Å². The number of nitrogens with zero attached hydrogens (tertiary/aromatic N) is 3. The molecule has 3 aromatic rings. The number of esters is 1. The number of anilines is 2. The van der Waals surface area contributed by atoms with Crippen LogP contribution in [-0.4, -0.2) is 39.2 Å². The summed E-state index contributed by atoms with van der Waals surface area (Å²) in [5.41, 5.74) is 8.05. The van der Waals surface area contributed by atoms with E-state index in [-0.39, 0.29) is 18.3 Å². The van der Waals surface area contributed by atoms with Gasteiger partial charge in [-0.05, 0) is 45.1 Å². The number of fused-ring (bicyclic) bond motifs is 3. The molecule has 4 rings (SSSR count). The lowest BCUT2D eigenvalue weighted by molar-refractivity contribution is -0.113. The molecule has 3 heterocycles. The number of amides is 1. The number of aromatic nitrogens is 3. The van der Waals surface area contributed by atoms with Crippen molar-refractivity contribution in [3.8, 4) is 0 Å². The number of hydrogen-bond acceptors (Lipinski definition) is 10. The van der Waals surface area contributed by atoms with Gasteiger partial charge < -0.3 is 15.8 Å². The molecular formula is C19H21N5O3S3. The van der Waals surface area contributed by atoms with E-state index in [1.807, 2.05) is 0 Å². The van der Waals surface area contributed by atoms with Gasteiger partial charge in [0.25, 0.3) is 0 Å². The zero-order valence-electron chi connectivity index (χ0n) is 16.6. The molecule has 0 atom stereocenters. The molecule has 8 nitrogen and oxygen atoms in total. The van der Waals surface area contributed by atoms with Crippen molar-refractivity contribution in [1.29, 1.82) is 0 Å². The van der Waals surface area contributed by atoms with E-state index in [9.17, 15) is 9.59 Å². The van der Waals surface area contributed by atoms with Crippen LogP contribution in [0.15, 0.2) is 5.16 Å². The Balaban J connectivity index is 1.42. The summed E-state index contributed by atoms with van der Waals surface area (Å²) in [5, 5.41) is 4.54. The molecule has 0 aromatic carbocycles. The van der Waals surface area contributed by atoms with Gasteiger partial charge in [0.2, 0.25) is 5.91 Å². The zero-order chi connectivity index (χ0) is 21.3. The minimum atomic E-state index is -0.432. The summed E-state index contributed by atoms with van der Waals surface area (Å²) in [6.07, 6.45) is 4.46. The maximum absolute atomic E-state index is 12.3. The molecule has 0 fully saturated rings. The van der Waals surface area contributed by atoms with E-state index in [4.69, 9.17) is 10.5 Å². The molecule has 0 saturated heterocycles. The third-order valence-corrected chi connectivity index (χ3v) is 7.74. The van der Waals surface area contributed by atoms with Crippen molar-refractivity contribution in [2.45, 2.75) is 44.7 Å². The molecule has 11 heteroatoms. The van der Waals surface area contributed by atoms with Gasteiger partial charge in [0.05, 0.1) is 23.4 Å². The molecule has 158 valence electrons. The minimum Gasteiger partial charge on any atom is -0.462 e. The lowest BCUT2D eigenvalue weighted by atomic mass is 9.97. The number of nitrogen functional groups attached to an aromatic ring is 1. The van der Waals surface area contributed by atoms with E-state index in [1.54, 1.807) is 25.2 Å². The predicted octanol–water partition coefficient (Wildman–Crippen LogP) is 3.82. The van der Waals surface area contributed by atoms with Gasteiger partial charge in [-0.2, -0.15) is 0 Å². The summed E-state index contributed by atoms with van der Waals surface area (Å²) in [6.45, 7) is 3.74. The Hall–Kier alpha value is -2.24. The van der Waals surface area contributed by atoms with E-state index in [1.165, 1.54) is 35.0 Å². The van der Waals surface area contributed by atoms with Crippen LogP contribution in [0.25, 0.3) is 10.2 Å². The van der Waals surface area contributed by atoms with Gasteiger partial charge in [-0.1, -0.05) is 23.1 Å². The maximum atomic E-state index is 12.3. The SMILES string of the molecule is CCOC(=O)c1sc(NC(=O)CSc2nc(N)c3c4c(sc3n2)CCCC4)nc1C. The molecule has 3 N–H and O–H groups in total. The number of rotatable bonds is 6. The van der Waals surface area contributed by atoms with E-state index in [2.05, 4.69) is 20.3 Å². The van der Waals surface area contributed by atoms with Gasteiger partial charge in [0.1, 0.15) is 15.5 Å². The van der Waals surface area contributed by atoms with Gasteiger partial charge >= 0.3 is 5.97 Å². The van der Waals surface area contributed by atoms with Crippen LogP contribution in [0.4, 0.5) is 10.9 Å². The highest BCUT2D eigenvalue weighted by Gasteiger charge is 2.21. The molecule has 0 radical (unpaired) electrons. The number of hydrogen-bond donors (Lipinski definition) is 2. The Bertz CT molecular complexity index is 1120. The maximum Gasteiger partial charge on any atom is 0.350 e. The average Bonchev–Trinajstić information content (AvgIpc) is 3.26. The van der Waals surface area contributed by atoms with Crippen LogP contribution in [0.2, 0.25) is 0 Å². The third-order valence-electron chi connectivity index (χ3n) is 4.66.